The van der Waals surface area contributed by atoms with E-state index in [9.17, 15) is 9.59 Å². The minimum Gasteiger partial charge on any atom is -0.354 e. The molecule has 1 aromatic carbocycles. The predicted octanol–water partition coefficient (Wildman–Crippen LogP) is 1.77. The van der Waals surface area contributed by atoms with E-state index in [1.54, 1.807) is 0 Å². The van der Waals surface area contributed by atoms with Crippen LogP contribution in [0, 0.1) is 0 Å². The van der Waals surface area contributed by atoms with Gasteiger partial charge in [0.1, 0.15) is 6.04 Å². The summed E-state index contributed by atoms with van der Waals surface area (Å²) >= 11 is 0. The van der Waals surface area contributed by atoms with Gasteiger partial charge in [0.25, 0.3) is 0 Å². The number of amides is 2. The third kappa shape index (κ3) is 5.96. The normalized spacial score (nSPS) is 18.1. The molecule has 5 heteroatoms. The topological polar surface area (TPSA) is 70.2 Å². The Morgan fingerprint density at radius 2 is 2.08 bits per heavy atom. The Balaban J connectivity index is 1.81. The van der Waals surface area contributed by atoms with Crippen molar-refractivity contribution in [3.8, 4) is 0 Å². The van der Waals surface area contributed by atoms with Crippen molar-refractivity contribution < 1.29 is 9.59 Å². The first kappa shape index (κ1) is 18.5. The second kappa shape index (κ2) is 10.1. The van der Waals surface area contributed by atoms with Crippen LogP contribution in [0.15, 0.2) is 30.3 Å². The van der Waals surface area contributed by atoms with Gasteiger partial charge >= 0.3 is 0 Å². The van der Waals surface area contributed by atoms with Gasteiger partial charge in [-0.1, -0.05) is 50.1 Å². The highest BCUT2D eigenvalue weighted by molar-refractivity contribution is 5.89. The van der Waals surface area contributed by atoms with E-state index in [0.29, 0.717) is 13.0 Å². The molecule has 5 nitrogen and oxygen atoms in total. The van der Waals surface area contributed by atoms with E-state index in [1.807, 2.05) is 30.3 Å². The van der Waals surface area contributed by atoms with Gasteiger partial charge in [0.05, 0.1) is 6.04 Å². The lowest BCUT2D eigenvalue weighted by atomic mass is 10.1. The molecule has 1 heterocycles. The van der Waals surface area contributed by atoms with Gasteiger partial charge in [-0.3, -0.25) is 9.59 Å². The molecule has 0 bridgehead atoms. The summed E-state index contributed by atoms with van der Waals surface area (Å²) in [5, 5.41) is 9.07. The molecule has 2 atom stereocenters. The monoisotopic (exact) mass is 331 g/mol. The third-order valence-corrected chi connectivity index (χ3v) is 4.41. The van der Waals surface area contributed by atoms with Crippen molar-refractivity contribution in [2.75, 3.05) is 13.1 Å². The summed E-state index contributed by atoms with van der Waals surface area (Å²) in [6.07, 6.45) is 5.28. The lowest BCUT2D eigenvalue weighted by Crippen LogP contribution is -2.51. The average Bonchev–Trinajstić information content (AvgIpc) is 3.14. The van der Waals surface area contributed by atoms with Crippen LogP contribution in [-0.2, 0) is 16.0 Å². The zero-order valence-corrected chi connectivity index (χ0v) is 14.5. The van der Waals surface area contributed by atoms with Gasteiger partial charge in [-0.15, -0.1) is 0 Å². The fourth-order valence-corrected chi connectivity index (χ4v) is 2.96. The molecule has 0 aliphatic carbocycles. The second-order valence-electron chi connectivity index (χ2n) is 6.38. The first-order valence-electron chi connectivity index (χ1n) is 9.06. The van der Waals surface area contributed by atoms with Crippen LogP contribution >= 0.6 is 0 Å². The number of carbonyl (C=O) groups is 2. The maximum atomic E-state index is 12.4. The van der Waals surface area contributed by atoms with Crippen LogP contribution in [0.3, 0.4) is 0 Å². The number of nitrogens with one attached hydrogen (secondary N) is 3. The number of hydrogen-bond acceptors (Lipinski definition) is 3. The van der Waals surface area contributed by atoms with E-state index in [0.717, 1.165) is 38.6 Å². The summed E-state index contributed by atoms with van der Waals surface area (Å²) in [5.74, 6) is -0.127. The fraction of sp³-hybridized carbons (Fsp3) is 0.579. The molecule has 0 spiro atoms. The fourth-order valence-electron chi connectivity index (χ4n) is 2.96. The largest absolute Gasteiger partial charge is 0.354 e. The number of carbonyl (C=O) groups excluding carboxylic acids is 2. The van der Waals surface area contributed by atoms with Crippen LogP contribution in [0.4, 0.5) is 0 Å². The first-order valence-corrected chi connectivity index (χ1v) is 9.06. The number of unbranched alkanes of at least 4 members (excludes halogenated alkanes) is 1. The number of rotatable bonds is 9. The zero-order valence-electron chi connectivity index (χ0n) is 14.5. The molecule has 132 valence electrons. The van der Waals surface area contributed by atoms with E-state index >= 15 is 0 Å². The van der Waals surface area contributed by atoms with Crippen LogP contribution in [0.1, 0.15) is 44.6 Å². The molecular formula is C19H29N3O2. The van der Waals surface area contributed by atoms with E-state index in [4.69, 9.17) is 0 Å². The van der Waals surface area contributed by atoms with E-state index < -0.39 is 6.04 Å². The smallest absolute Gasteiger partial charge is 0.242 e. The summed E-state index contributed by atoms with van der Waals surface area (Å²) in [5.41, 5.74) is 1.20. The van der Waals surface area contributed by atoms with Gasteiger partial charge < -0.3 is 16.0 Å². The minimum absolute atomic E-state index is 0.0492. The van der Waals surface area contributed by atoms with Crippen molar-refractivity contribution >= 4 is 11.8 Å². The molecule has 1 saturated heterocycles. The molecule has 0 aromatic heterocycles. The van der Waals surface area contributed by atoms with Crippen molar-refractivity contribution in [3.05, 3.63) is 35.9 Å². The molecular weight excluding hydrogens is 302 g/mol. The highest BCUT2D eigenvalue weighted by atomic mass is 16.2. The minimum atomic E-state index is -0.435. The molecule has 24 heavy (non-hydrogen) atoms. The molecule has 0 radical (unpaired) electrons. The summed E-state index contributed by atoms with van der Waals surface area (Å²) in [4.78, 5) is 24.7. The molecule has 2 amide bonds. The highest BCUT2D eigenvalue weighted by Crippen LogP contribution is 2.07. The first-order chi connectivity index (χ1) is 11.7. The van der Waals surface area contributed by atoms with Gasteiger partial charge in [0, 0.05) is 6.54 Å². The summed E-state index contributed by atoms with van der Waals surface area (Å²) in [6.45, 7) is 3.55. The maximum absolute atomic E-state index is 12.4. The van der Waals surface area contributed by atoms with Crippen molar-refractivity contribution in [1.29, 1.82) is 0 Å². The Labute approximate surface area is 144 Å². The van der Waals surface area contributed by atoms with Crippen molar-refractivity contribution in [1.82, 2.24) is 16.0 Å². The lowest BCUT2D eigenvalue weighted by Gasteiger charge is -2.20. The van der Waals surface area contributed by atoms with Crippen LogP contribution in [-0.4, -0.2) is 37.0 Å². The molecule has 2 rings (SSSR count). The van der Waals surface area contributed by atoms with Crippen LogP contribution < -0.4 is 16.0 Å². The van der Waals surface area contributed by atoms with Gasteiger partial charge in [-0.2, -0.15) is 0 Å². The summed E-state index contributed by atoms with van der Waals surface area (Å²) in [7, 11) is 0. The predicted molar refractivity (Wildman–Crippen MR) is 95.6 cm³/mol. The molecule has 0 saturated carbocycles. The van der Waals surface area contributed by atoms with Gasteiger partial charge in [-0.25, -0.2) is 0 Å². The van der Waals surface area contributed by atoms with Gasteiger partial charge in [0.2, 0.25) is 11.8 Å². The molecule has 1 fully saturated rings. The van der Waals surface area contributed by atoms with Gasteiger partial charge in [-0.05, 0) is 37.8 Å². The van der Waals surface area contributed by atoms with Crippen molar-refractivity contribution in [2.45, 2.75) is 57.5 Å². The van der Waals surface area contributed by atoms with E-state index in [2.05, 4.69) is 22.9 Å². The van der Waals surface area contributed by atoms with Crippen molar-refractivity contribution in [3.63, 3.8) is 0 Å². The number of hydrogen-bond donors (Lipinski definition) is 3. The Bertz CT molecular complexity index is 513. The SMILES string of the molecule is CCCC[C@@H](NC(=O)[C@@H]1CCCN1)C(=O)NCCc1ccccc1. The Hall–Kier alpha value is -1.88. The zero-order chi connectivity index (χ0) is 17.2. The van der Waals surface area contributed by atoms with Crippen molar-refractivity contribution in [2.24, 2.45) is 0 Å². The molecule has 1 aliphatic heterocycles. The second-order valence-corrected chi connectivity index (χ2v) is 6.38. The lowest BCUT2D eigenvalue weighted by molar-refractivity contribution is -0.130. The molecule has 0 unspecified atom stereocenters. The van der Waals surface area contributed by atoms with E-state index in [-0.39, 0.29) is 17.9 Å². The molecule has 1 aromatic rings. The Kier molecular flexibility index (Phi) is 7.75. The van der Waals surface area contributed by atoms with Crippen LogP contribution in [0.25, 0.3) is 0 Å². The maximum Gasteiger partial charge on any atom is 0.242 e. The Morgan fingerprint density at radius 1 is 1.29 bits per heavy atom. The Morgan fingerprint density at radius 3 is 2.75 bits per heavy atom. The summed E-state index contributed by atoms with van der Waals surface area (Å²) < 4.78 is 0. The third-order valence-electron chi connectivity index (χ3n) is 4.41. The standard InChI is InChI=1S/C19H29N3O2/c1-2-3-10-17(22-19(24)16-11-7-13-20-16)18(23)21-14-12-15-8-5-4-6-9-15/h4-6,8-9,16-17,20H,2-3,7,10-14H2,1H3,(H,21,23)(H,22,24)/t16-,17+/m0/s1. The average molecular weight is 331 g/mol. The summed E-state index contributed by atoms with van der Waals surface area (Å²) in [6, 6.07) is 9.49. The van der Waals surface area contributed by atoms with Gasteiger partial charge in [0.15, 0.2) is 0 Å². The molecule has 1 aliphatic rings. The van der Waals surface area contributed by atoms with E-state index in [1.165, 1.54) is 5.56 Å². The number of benzene rings is 1. The molecule has 3 N–H and O–H groups in total. The quantitative estimate of drug-likeness (QED) is 0.646. The van der Waals surface area contributed by atoms with Crippen LogP contribution in [0.2, 0.25) is 0 Å². The highest BCUT2D eigenvalue weighted by Gasteiger charge is 2.26. The van der Waals surface area contributed by atoms with Crippen LogP contribution in [0.5, 0.6) is 0 Å².